The fourth-order valence-corrected chi connectivity index (χ4v) is 4.09. The number of hydrogen-bond acceptors (Lipinski definition) is 3. The van der Waals surface area contributed by atoms with Crippen molar-refractivity contribution in [3.8, 4) is 0 Å². The SMILES string of the molecule is CC(CC(=O)NCC(C)N1CCc2ccccc21)C1CCCNC1.Cl.Cl. The van der Waals surface area contributed by atoms with Gasteiger partial charge >= 0.3 is 0 Å². The number of fused-ring (bicyclic) bond motifs is 1. The molecule has 0 aliphatic carbocycles. The summed E-state index contributed by atoms with van der Waals surface area (Å²) in [6.07, 6.45) is 4.25. The van der Waals surface area contributed by atoms with Gasteiger partial charge in [-0.05, 0) is 62.7 Å². The van der Waals surface area contributed by atoms with Crippen LogP contribution in [0.1, 0.15) is 38.7 Å². The van der Waals surface area contributed by atoms with Gasteiger partial charge in [0.05, 0.1) is 0 Å². The van der Waals surface area contributed by atoms with E-state index < -0.39 is 0 Å². The molecule has 1 amide bonds. The molecule has 4 nitrogen and oxygen atoms in total. The lowest BCUT2D eigenvalue weighted by molar-refractivity contribution is -0.122. The van der Waals surface area contributed by atoms with Gasteiger partial charge in [-0.2, -0.15) is 0 Å². The van der Waals surface area contributed by atoms with Gasteiger partial charge in [-0.15, -0.1) is 24.8 Å². The molecule has 0 radical (unpaired) electrons. The first-order chi connectivity index (χ1) is 11.6. The maximum Gasteiger partial charge on any atom is 0.220 e. The minimum Gasteiger partial charge on any atom is -0.366 e. The van der Waals surface area contributed by atoms with Gasteiger partial charge in [-0.1, -0.05) is 25.1 Å². The average molecular weight is 402 g/mol. The Morgan fingerprint density at radius 1 is 1.31 bits per heavy atom. The van der Waals surface area contributed by atoms with Crippen LogP contribution in [0.4, 0.5) is 5.69 Å². The first kappa shape index (κ1) is 23.1. The highest BCUT2D eigenvalue weighted by Gasteiger charge is 2.24. The Hall–Kier alpha value is -0.970. The lowest BCUT2D eigenvalue weighted by atomic mass is 9.85. The summed E-state index contributed by atoms with van der Waals surface area (Å²) in [6.45, 7) is 8.40. The summed E-state index contributed by atoms with van der Waals surface area (Å²) in [5.74, 6) is 1.31. The quantitative estimate of drug-likeness (QED) is 0.767. The Morgan fingerprint density at radius 3 is 2.81 bits per heavy atom. The molecular weight excluding hydrogens is 369 g/mol. The van der Waals surface area contributed by atoms with Crippen LogP contribution in [0, 0.1) is 11.8 Å². The van der Waals surface area contributed by atoms with Gasteiger partial charge in [-0.3, -0.25) is 4.79 Å². The predicted molar refractivity (Wildman–Crippen MR) is 114 cm³/mol. The lowest BCUT2D eigenvalue weighted by Gasteiger charge is -2.29. The van der Waals surface area contributed by atoms with E-state index in [-0.39, 0.29) is 30.7 Å². The summed E-state index contributed by atoms with van der Waals surface area (Å²) in [7, 11) is 0. The van der Waals surface area contributed by atoms with Crippen molar-refractivity contribution in [3.63, 3.8) is 0 Å². The Labute approximate surface area is 170 Å². The summed E-state index contributed by atoms with van der Waals surface area (Å²) in [5, 5.41) is 6.61. The van der Waals surface area contributed by atoms with Gasteiger partial charge in [-0.25, -0.2) is 0 Å². The monoisotopic (exact) mass is 401 g/mol. The fourth-order valence-electron chi connectivity index (χ4n) is 4.09. The fraction of sp³-hybridized carbons (Fsp3) is 0.650. The average Bonchev–Trinajstić information content (AvgIpc) is 3.04. The highest BCUT2D eigenvalue weighted by atomic mass is 35.5. The van der Waals surface area contributed by atoms with E-state index in [9.17, 15) is 4.79 Å². The number of para-hydroxylation sites is 1. The topological polar surface area (TPSA) is 44.4 Å². The molecule has 0 bridgehead atoms. The molecule has 0 aromatic heterocycles. The van der Waals surface area contributed by atoms with Gasteiger partial charge < -0.3 is 15.5 Å². The van der Waals surface area contributed by atoms with Crippen LogP contribution < -0.4 is 15.5 Å². The standard InChI is InChI=1S/C20H31N3O.2ClH/c1-15(18-7-5-10-21-14-18)12-20(24)22-13-16(2)23-11-9-17-6-3-4-8-19(17)23;;/h3-4,6,8,15-16,18,21H,5,7,9-14H2,1-2H3,(H,22,24);2*1H. The summed E-state index contributed by atoms with van der Waals surface area (Å²) in [5.41, 5.74) is 2.76. The molecular formula is C20H33Cl2N3O. The number of benzene rings is 1. The van der Waals surface area contributed by atoms with Crippen LogP contribution in [0.5, 0.6) is 0 Å². The van der Waals surface area contributed by atoms with E-state index in [1.807, 2.05) is 0 Å². The van der Waals surface area contributed by atoms with E-state index in [0.717, 1.165) is 32.6 Å². The number of nitrogens with zero attached hydrogens (tertiary/aromatic N) is 1. The molecule has 1 aromatic rings. The molecule has 1 fully saturated rings. The summed E-state index contributed by atoms with van der Waals surface area (Å²) in [6, 6.07) is 8.95. The molecule has 2 N–H and O–H groups in total. The van der Waals surface area contributed by atoms with Gasteiger partial charge in [0.2, 0.25) is 5.91 Å². The Balaban J connectivity index is 0.00000169. The van der Waals surface area contributed by atoms with Crippen molar-refractivity contribution in [1.82, 2.24) is 10.6 Å². The number of rotatable bonds is 6. The molecule has 3 rings (SSSR count). The van der Waals surface area contributed by atoms with Crippen molar-refractivity contribution in [2.75, 3.05) is 31.1 Å². The third-order valence-electron chi connectivity index (χ3n) is 5.70. The second-order valence-electron chi connectivity index (χ2n) is 7.51. The molecule has 3 atom stereocenters. The molecule has 2 aliphatic heterocycles. The molecule has 2 heterocycles. The van der Waals surface area contributed by atoms with Crippen LogP contribution in [0.25, 0.3) is 0 Å². The van der Waals surface area contributed by atoms with Crippen molar-refractivity contribution in [2.24, 2.45) is 11.8 Å². The number of halogens is 2. The zero-order chi connectivity index (χ0) is 16.9. The Morgan fingerprint density at radius 2 is 2.08 bits per heavy atom. The number of hydrogen-bond donors (Lipinski definition) is 2. The molecule has 0 saturated carbocycles. The van der Waals surface area contributed by atoms with Crippen LogP contribution >= 0.6 is 24.8 Å². The van der Waals surface area contributed by atoms with E-state index in [2.05, 4.69) is 53.6 Å². The maximum atomic E-state index is 12.3. The molecule has 26 heavy (non-hydrogen) atoms. The third-order valence-corrected chi connectivity index (χ3v) is 5.70. The maximum absolute atomic E-state index is 12.3. The first-order valence-electron chi connectivity index (χ1n) is 9.47. The van der Waals surface area contributed by atoms with E-state index in [4.69, 9.17) is 0 Å². The number of piperidine rings is 1. The normalized spacial score (nSPS) is 21.0. The van der Waals surface area contributed by atoms with Crippen LogP contribution in [0.3, 0.4) is 0 Å². The second-order valence-corrected chi connectivity index (χ2v) is 7.51. The van der Waals surface area contributed by atoms with Crippen molar-refractivity contribution in [3.05, 3.63) is 29.8 Å². The molecule has 0 spiro atoms. The minimum absolute atomic E-state index is 0. The van der Waals surface area contributed by atoms with Crippen LogP contribution in [0.15, 0.2) is 24.3 Å². The van der Waals surface area contributed by atoms with Gasteiger partial charge in [0.15, 0.2) is 0 Å². The molecule has 1 aromatic carbocycles. The van der Waals surface area contributed by atoms with E-state index >= 15 is 0 Å². The zero-order valence-electron chi connectivity index (χ0n) is 15.9. The number of amides is 1. The number of anilines is 1. The van der Waals surface area contributed by atoms with Crippen LogP contribution in [-0.2, 0) is 11.2 Å². The van der Waals surface area contributed by atoms with E-state index in [0.29, 0.717) is 24.3 Å². The lowest BCUT2D eigenvalue weighted by Crippen LogP contribution is -2.42. The molecule has 148 valence electrons. The van der Waals surface area contributed by atoms with Crippen molar-refractivity contribution >= 4 is 36.4 Å². The molecule has 6 heteroatoms. The highest BCUT2D eigenvalue weighted by molar-refractivity contribution is 5.85. The number of nitrogens with one attached hydrogen (secondary N) is 2. The molecule has 3 unspecified atom stereocenters. The summed E-state index contributed by atoms with van der Waals surface area (Å²) in [4.78, 5) is 14.7. The van der Waals surface area contributed by atoms with Crippen molar-refractivity contribution in [2.45, 2.75) is 45.6 Å². The summed E-state index contributed by atoms with van der Waals surface area (Å²) < 4.78 is 0. The van der Waals surface area contributed by atoms with Gasteiger partial charge in [0.25, 0.3) is 0 Å². The van der Waals surface area contributed by atoms with Crippen molar-refractivity contribution in [1.29, 1.82) is 0 Å². The second kappa shape index (κ2) is 11.0. The zero-order valence-corrected chi connectivity index (χ0v) is 17.5. The minimum atomic E-state index is 0. The van der Waals surface area contributed by atoms with Gasteiger partial charge in [0.1, 0.15) is 0 Å². The Bertz CT molecular complexity index is 564. The van der Waals surface area contributed by atoms with Gasteiger partial charge in [0, 0.05) is 31.2 Å². The van der Waals surface area contributed by atoms with E-state index in [1.165, 1.54) is 24.1 Å². The van der Waals surface area contributed by atoms with Crippen molar-refractivity contribution < 1.29 is 4.79 Å². The predicted octanol–water partition coefficient (Wildman–Crippen LogP) is 3.42. The molecule has 2 aliphatic rings. The van der Waals surface area contributed by atoms with Crippen LogP contribution in [0.2, 0.25) is 0 Å². The smallest absolute Gasteiger partial charge is 0.220 e. The third kappa shape index (κ3) is 5.77. The Kier molecular flexibility index (Phi) is 9.77. The first-order valence-corrected chi connectivity index (χ1v) is 9.47. The van der Waals surface area contributed by atoms with E-state index in [1.54, 1.807) is 0 Å². The van der Waals surface area contributed by atoms with Crippen LogP contribution in [-0.4, -0.2) is 38.1 Å². The largest absolute Gasteiger partial charge is 0.366 e. The molecule has 1 saturated heterocycles. The summed E-state index contributed by atoms with van der Waals surface area (Å²) >= 11 is 0. The number of carbonyl (C=O) groups is 1. The highest BCUT2D eigenvalue weighted by Crippen LogP contribution is 2.29. The number of carbonyl (C=O) groups excluding carboxylic acids is 1.